The van der Waals surface area contributed by atoms with Crippen molar-refractivity contribution in [2.75, 3.05) is 0 Å². The van der Waals surface area contributed by atoms with Crippen molar-refractivity contribution < 1.29 is 0 Å². The van der Waals surface area contributed by atoms with Crippen LogP contribution in [0.25, 0.3) is 0 Å². The number of nitrogens with one attached hydrogen (secondary N) is 2. The van der Waals surface area contributed by atoms with E-state index in [0.29, 0.717) is 6.04 Å². The second-order valence-corrected chi connectivity index (χ2v) is 5.86. The van der Waals surface area contributed by atoms with Gasteiger partial charge in [0.05, 0.1) is 6.04 Å². The highest BCUT2D eigenvalue weighted by molar-refractivity contribution is 7.80. The highest BCUT2D eigenvalue weighted by atomic mass is 32.1. The Morgan fingerprint density at radius 2 is 1.81 bits per heavy atom. The van der Waals surface area contributed by atoms with Crippen LogP contribution in [0.3, 0.4) is 0 Å². The standard InChI is InChI=1S/C18H20N2S/c21-18(19-13-14-7-2-1-3-8-14)20-17-12-6-10-15-9-4-5-11-16(15)17/h1-5,7-9,11,17H,6,10,12-13H2,(H2,19,20,21)/t17-/m0/s1. The lowest BCUT2D eigenvalue weighted by Gasteiger charge is -2.27. The van der Waals surface area contributed by atoms with E-state index in [9.17, 15) is 0 Å². The van der Waals surface area contributed by atoms with Gasteiger partial charge in [-0.15, -0.1) is 0 Å². The van der Waals surface area contributed by atoms with Crippen molar-refractivity contribution in [2.45, 2.75) is 31.8 Å². The number of aryl methyl sites for hydroxylation is 1. The maximum Gasteiger partial charge on any atom is 0.167 e. The van der Waals surface area contributed by atoms with Gasteiger partial charge in [-0.2, -0.15) is 0 Å². The molecule has 3 heteroatoms. The molecule has 2 aromatic carbocycles. The fourth-order valence-corrected chi connectivity index (χ4v) is 3.11. The van der Waals surface area contributed by atoms with E-state index in [-0.39, 0.29) is 0 Å². The topological polar surface area (TPSA) is 24.1 Å². The molecule has 0 spiro atoms. The second kappa shape index (κ2) is 6.72. The van der Waals surface area contributed by atoms with Crippen LogP contribution in [0.15, 0.2) is 54.6 Å². The first kappa shape index (κ1) is 14.1. The van der Waals surface area contributed by atoms with E-state index in [1.807, 2.05) is 18.2 Å². The number of fused-ring (bicyclic) bond motifs is 1. The minimum Gasteiger partial charge on any atom is -0.359 e. The Bertz CT molecular complexity index is 610. The minimum atomic E-state index is 0.339. The van der Waals surface area contributed by atoms with Crippen molar-refractivity contribution >= 4 is 17.3 Å². The van der Waals surface area contributed by atoms with E-state index in [2.05, 4.69) is 47.0 Å². The van der Waals surface area contributed by atoms with Gasteiger partial charge < -0.3 is 10.6 Å². The molecule has 2 aromatic rings. The van der Waals surface area contributed by atoms with Gasteiger partial charge in [0.1, 0.15) is 0 Å². The van der Waals surface area contributed by atoms with E-state index < -0.39 is 0 Å². The quantitative estimate of drug-likeness (QED) is 0.844. The Balaban J connectivity index is 1.58. The van der Waals surface area contributed by atoms with Crippen molar-refractivity contribution in [2.24, 2.45) is 0 Å². The molecule has 0 unspecified atom stereocenters. The zero-order valence-corrected chi connectivity index (χ0v) is 12.8. The summed E-state index contributed by atoms with van der Waals surface area (Å²) < 4.78 is 0. The molecule has 1 aliphatic carbocycles. The molecule has 0 saturated carbocycles. The van der Waals surface area contributed by atoms with Crippen LogP contribution >= 0.6 is 12.2 Å². The maximum absolute atomic E-state index is 5.44. The summed E-state index contributed by atoms with van der Waals surface area (Å²) in [5.41, 5.74) is 4.09. The molecule has 0 aromatic heterocycles. The third-order valence-corrected chi connectivity index (χ3v) is 4.23. The summed E-state index contributed by atoms with van der Waals surface area (Å²) in [5.74, 6) is 0. The molecule has 0 saturated heterocycles. The Kier molecular flexibility index (Phi) is 4.51. The van der Waals surface area contributed by atoms with Crippen LogP contribution in [0.1, 0.15) is 35.6 Å². The Labute approximate surface area is 131 Å². The summed E-state index contributed by atoms with van der Waals surface area (Å²) in [6.45, 7) is 0.765. The number of benzene rings is 2. The molecule has 0 aliphatic heterocycles. The fourth-order valence-electron chi connectivity index (χ4n) is 2.89. The van der Waals surface area contributed by atoms with Crippen LogP contribution < -0.4 is 10.6 Å². The van der Waals surface area contributed by atoms with Gasteiger partial charge in [-0.1, -0.05) is 54.6 Å². The lowest BCUT2D eigenvalue weighted by molar-refractivity contribution is 0.523. The monoisotopic (exact) mass is 296 g/mol. The van der Waals surface area contributed by atoms with Crippen molar-refractivity contribution in [1.29, 1.82) is 0 Å². The van der Waals surface area contributed by atoms with Crippen LogP contribution in [0.4, 0.5) is 0 Å². The molecule has 0 radical (unpaired) electrons. The smallest absolute Gasteiger partial charge is 0.167 e. The molecule has 0 heterocycles. The largest absolute Gasteiger partial charge is 0.359 e. The van der Waals surface area contributed by atoms with Gasteiger partial charge in [0.2, 0.25) is 0 Å². The fraction of sp³-hybridized carbons (Fsp3) is 0.278. The highest BCUT2D eigenvalue weighted by Crippen LogP contribution is 2.29. The molecular formula is C18H20N2S. The lowest BCUT2D eigenvalue weighted by Crippen LogP contribution is -2.38. The molecule has 0 bridgehead atoms. The van der Waals surface area contributed by atoms with Gasteiger partial charge in [-0.05, 0) is 48.2 Å². The van der Waals surface area contributed by atoms with Gasteiger partial charge >= 0.3 is 0 Å². The summed E-state index contributed by atoms with van der Waals surface area (Å²) in [7, 11) is 0. The minimum absolute atomic E-state index is 0.339. The zero-order valence-electron chi connectivity index (χ0n) is 12.0. The Morgan fingerprint density at radius 3 is 2.67 bits per heavy atom. The van der Waals surface area contributed by atoms with Crippen LogP contribution in [0.5, 0.6) is 0 Å². The van der Waals surface area contributed by atoms with Gasteiger partial charge in [0.25, 0.3) is 0 Å². The number of hydrogen-bond acceptors (Lipinski definition) is 1. The molecule has 21 heavy (non-hydrogen) atoms. The van der Waals surface area contributed by atoms with Gasteiger partial charge in [-0.3, -0.25) is 0 Å². The normalized spacial score (nSPS) is 16.9. The lowest BCUT2D eigenvalue weighted by atomic mass is 9.88. The SMILES string of the molecule is S=C(NCc1ccccc1)N[C@H]1CCCc2ccccc21. The number of thiocarbonyl (C=S) groups is 1. The van der Waals surface area contributed by atoms with E-state index in [1.165, 1.54) is 29.5 Å². The molecule has 2 nitrogen and oxygen atoms in total. The Hall–Kier alpha value is -1.87. The van der Waals surface area contributed by atoms with E-state index >= 15 is 0 Å². The van der Waals surface area contributed by atoms with Crippen LogP contribution in [-0.4, -0.2) is 5.11 Å². The maximum atomic E-state index is 5.44. The van der Waals surface area contributed by atoms with Gasteiger partial charge in [0, 0.05) is 6.54 Å². The molecule has 2 N–H and O–H groups in total. The Morgan fingerprint density at radius 1 is 1.05 bits per heavy atom. The van der Waals surface area contributed by atoms with E-state index in [0.717, 1.165) is 18.1 Å². The average Bonchev–Trinajstić information content (AvgIpc) is 2.54. The van der Waals surface area contributed by atoms with Crippen LogP contribution in [0.2, 0.25) is 0 Å². The van der Waals surface area contributed by atoms with Crippen molar-refractivity contribution in [3.63, 3.8) is 0 Å². The first-order valence-corrected chi connectivity index (χ1v) is 7.90. The molecular weight excluding hydrogens is 276 g/mol. The number of rotatable bonds is 3. The second-order valence-electron chi connectivity index (χ2n) is 5.46. The zero-order chi connectivity index (χ0) is 14.5. The molecule has 0 fully saturated rings. The van der Waals surface area contributed by atoms with Gasteiger partial charge in [-0.25, -0.2) is 0 Å². The molecule has 1 atom stereocenters. The first-order valence-electron chi connectivity index (χ1n) is 7.49. The van der Waals surface area contributed by atoms with Crippen molar-refractivity contribution in [3.05, 3.63) is 71.3 Å². The van der Waals surface area contributed by atoms with E-state index in [1.54, 1.807) is 0 Å². The molecule has 3 rings (SSSR count). The summed E-state index contributed by atoms with van der Waals surface area (Å²) >= 11 is 5.44. The third kappa shape index (κ3) is 3.61. The molecule has 1 aliphatic rings. The van der Waals surface area contributed by atoms with Crippen LogP contribution in [0, 0.1) is 0 Å². The summed E-state index contributed by atoms with van der Waals surface area (Å²) in [6.07, 6.45) is 3.54. The van der Waals surface area contributed by atoms with E-state index in [4.69, 9.17) is 12.2 Å². The molecule has 108 valence electrons. The van der Waals surface area contributed by atoms with Crippen molar-refractivity contribution in [3.8, 4) is 0 Å². The third-order valence-electron chi connectivity index (χ3n) is 3.97. The average molecular weight is 296 g/mol. The highest BCUT2D eigenvalue weighted by Gasteiger charge is 2.19. The van der Waals surface area contributed by atoms with Gasteiger partial charge in [0.15, 0.2) is 5.11 Å². The summed E-state index contributed by atoms with van der Waals surface area (Å²) in [5, 5.41) is 7.50. The predicted octanol–water partition coefficient (Wildman–Crippen LogP) is 3.73. The predicted molar refractivity (Wildman–Crippen MR) is 91.1 cm³/mol. The number of hydrogen-bond donors (Lipinski definition) is 2. The van der Waals surface area contributed by atoms with Crippen molar-refractivity contribution in [1.82, 2.24) is 10.6 Å². The first-order chi connectivity index (χ1) is 10.3. The van der Waals surface area contributed by atoms with Crippen LogP contribution in [-0.2, 0) is 13.0 Å². The summed E-state index contributed by atoms with van der Waals surface area (Å²) in [6, 6.07) is 19.3. The molecule has 0 amide bonds. The summed E-state index contributed by atoms with van der Waals surface area (Å²) in [4.78, 5) is 0.